The number of carbonyl (C=O) groups is 1. The van der Waals surface area contributed by atoms with E-state index in [1.54, 1.807) is 7.11 Å². The molecular formula is C27H36N6O2. The fourth-order valence-electron chi connectivity index (χ4n) is 6.73. The minimum absolute atomic E-state index is 0.123. The molecule has 1 aliphatic carbocycles. The molecule has 2 aromatic rings. The molecule has 4 aliphatic rings. The molecule has 4 fully saturated rings. The zero-order valence-electron chi connectivity index (χ0n) is 20.4. The van der Waals surface area contributed by atoms with E-state index in [2.05, 4.69) is 67.4 Å². The number of amides is 2. The van der Waals surface area contributed by atoms with Crippen molar-refractivity contribution < 1.29 is 9.53 Å². The Balaban J connectivity index is 1.12. The normalized spacial score (nSPS) is 33.1. The number of nitrogens with one attached hydrogen (secondary N) is 3. The topological polar surface area (TPSA) is 81.8 Å². The number of rotatable bonds is 5. The number of hydrogen-bond acceptors (Lipinski definition) is 6. The van der Waals surface area contributed by atoms with Crippen molar-refractivity contribution in [2.24, 2.45) is 11.8 Å². The van der Waals surface area contributed by atoms with Gasteiger partial charge < -0.3 is 15.0 Å². The second-order valence-corrected chi connectivity index (χ2v) is 10.6. The minimum atomic E-state index is 0.123. The molecule has 0 radical (unpaired) electrons. The number of nitrogens with zero attached hydrogens (tertiary/aromatic N) is 3. The van der Waals surface area contributed by atoms with E-state index in [0.29, 0.717) is 23.8 Å². The molecular weight excluding hydrogens is 440 g/mol. The Labute approximate surface area is 207 Å². The first kappa shape index (κ1) is 22.8. The van der Waals surface area contributed by atoms with Crippen LogP contribution in [0.25, 0.3) is 0 Å². The van der Waals surface area contributed by atoms with Crippen molar-refractivity contribution in [2.45, 2.75) is 56.4 Å². The van der Waals surface area contributed by atoms with E-state index in [0.717, 1.165) is 51.9 Å². The smallest absolute Gasteiger partial charge is 0.317 e. The molecule has 1 saturated carbocycles. The summed E-state index contributed by atoms with van der Waals surface area (Å²) < 4.78 is 5.23. The number of pyridine rings is 1. The maximum atomic E-state index is 13.2. The van der Waals surface area contributed by atoms with E-state index in [1.165, 1.54) is 11.1 Å². The summed E-state index contributed by atoms with van der Waals surface area (Å²) in [5, 5.41) is 3.38. The van der Waals surface area contributed by atoms with Gasteiger partial charge in [-0.2, -0.15) is 0 Å². The number of aromatic nitrogens is 1. The molecule has 1 aromatic carbocycles. The van der Waals surface area contributed by atoms with Gasteiger partial charge in [-0.1, -0.05) is 36.4 Å². The van der Waals surface area contributed by atoms with Gasteiger partial charge in [-0.15, -0.1) is 0 Å². The van der Waals surface area contributed by atoms with Crippen LogP contribution in [-0.4, -0.2) is 65.7 Å². The van der Waals surface area contributed by atoms with Crippen LogP contribution >= 0.6 is 0 Å². The number of piperidine rings is 1. The van der Waals surface area contributed by atoms with Gasteiger partial charge in [0.25, 0.3) is 0 Å². The van der Waals surface area contributed by atoms with Crippen molar-refractivity contribution in [1.82, 2.24) is 31.0 Å². The highest BCUT2D eigenvalue weighted by atomic mass is 16.5. The molecule has 8 nitrogen and oxygen atoms in total. The van der Waals surface area contributed by atoms with Gasteiger partial charge in [0.05, 0.1) is 13.2 Å². The van der Waals surface area contributed by atoms with E-state index in [4.69, 9.17) is 4.74 Å². The molecule has 3 aliphatic heterocycles. The summed E-state index contributed by atoms with van der Waals surface area (Å²) in [6.07, 6.45) is 6.20. The van der Waals surface area contributed by atoms with Gasteiger partial charge in [0.2, 0.25) is 5.88 Å². The lowest BCUT2D eigenvalue weighted by Crippen LogP contribution is -2.64. The van der Waals surface area contributed by atoms with Crippen molar-refractivity contribution in [1.29, 1.82) is 0 Å². The maximum absolute atomic E-state index is 13.2. The molecule has 3 N–H and O–H groups in total. The standard InChI is InChI=1S/C27H36N6O2/c1-35-25-10-9-19(14-28-25)26-22-12-20-16-33(27(34)29-23(20)13-24(22)30-31-26)21-8-5-11-32(17-21)15-18-6-3-2-4-7-18/h2-4,6-7,9-10,14,20-24,26,30-31H,5,8,11-13,15-17H2,1H3,(H,29,34)/t20?,21-,22?,23?,24?,26?/m0/s1. The molecule has 5 unspecified atom stereocenters. The number of ether oxygens (including phenoxy) is 1. The Hall–Kier alpha value is -2.68. The summed E-state index contributed by atoms with van der Waals surface area (Å²) in [4.78, 5) is 22.3. The summed E-state index contributed by atoms with van der Waals surface area (Å²) in [6.45, 7) is 3.87. The lowest BCUT2D eigenvalue weighted by molar-refractivity contribution is 0.0523. The van der Waals surface area contributed by atoms with Gasteiger partial charge >= 0.3 is 6.03 Å². The van der Waals surface area contributed by atoms with E-state index in [-0.39, 0.29) is 24.2 Å². The highest BCUT2D eigenvalue weighted by molar-refractivity contribution is 5.76. The molecule has 0 spiro atoms. The second kappa shape index (κ2) is 9.76. The van der Waals surface area contributed by atoms with Crippen LogP contribution in [0, 0.1) is 11.8 Å². The highest BCUT2D eigenvalue weighted by Gasteiger charge is 2.48. The SMILES string of the molecule is COc1ccc(C2NNC3CC4NC(=O)N([C@H]5CCCN(Cc6ccccc6)C5)CC4CC32)cn1. The molecule has 2 amide bonds. The molecule has 3 saturated heterocycles. The molecule has 8 heteroatoms. The van der Waals surface area contributed by atoms with Crippen LogP contribution < -0.4 is 20.9 Å². The molecule has 35 heavy (non-hydrogen) atoms. The highest BCUT2D eigenvalue weighted by Crippen LogP contribution is 2.42. The summed E-state index contributed by atoms with van der Waals surface area (Å²) in [7, 11) is 1.64. The average Bonchev–Trinajstić information content (AvgIpc) is 3.30. The Kier molecular flexibility index (Phi) is 6.35. The fraction of sp³-hybridized carbons (Fsp3) is 0.556. The summed E-state index contributed by atoms with van der Waals surface area (Å²) in [5.41, 5.74) is 9.55. The number of hydrogen-bond donors (Lipinski definition) is 3. The largest absolute Gasteiger partial charge is 0.481 e. The van der Waals surface area contributed by atoms with Gasteiger partial charge in [0, 0.05) is 50.0 Å². The van der Waals surface area contributed by atoms with Crippen LogP contribution in [-0.2, 0) is 6.54 Å². The van der Waals surface area contributed by atoms with Gasteiger partial charge in [0.1, 0.15) is 0 Å². The molecule has 6 atom stereocenters. The van der Waals surface area contributed by atoms with Gasteiger partial charge in [-0.05, 0) is 55.2 Å². The summed E-state index contributed by atoms with van der Waals surface area (Å²) in [6, 6.07) is 15.9. The monoisotopic (exact) mass is 476 g/mol. The zero-order chi connectivity index (χ0) is 23.8. The van der Waals surface area contributed by atoms with E-state index in [1.807, 2.05) is 12.3 Å². The lowest BCUT2D eigenvalue weighted by Gasteiger charge is -2.49. The number of fused-ring (bicyclic) bond motifs is 2. The number of urea groups is 1. The van der Waals surface area contributed by atoms with Crippen molar-refractivity contribution in [3.8, 4) is 5.88 Å². The van der Waals surface area contributed by atoms with Crippen LogP contribution in [0.15, 0.2) is 48.7 Å². The van der Waals surface area contributed by atoms with Crippen LogP contribution in [0.4, 0.5) is 4.79 Å². The number of hydrazine groups is 1. The van der Waals surface area contributed by atoms with E-state index in [9.17, 15) is 4.79 Å². The number of carbonyl (C=O) groups excluding carboxylic acids is 1. The first-order chi connectivity index (χ1) is 17.2. The third-order valence-corrected chi connectivity index (χ3v) is 8.52. The summed E-state index contributed by atoms with van der Waals surface area (Å²) in [5.74, 6) is 1.58. The van der Waals surface area contributed by atoms with E-state index < -0.39 is 0 Å². The zero-order valence-corrected chi connectivity index (χ0v) is 20.4. The van der Waals surface area contributed by atoms with Crippen molar-refractivity contribution >= 4 is 6.03 Å². The van der Waals surface area contributed by atoms with Gasteiger partial charge in [-0.25, -0.2) is 15.2 Å². The van der Waals surface area contributed by atoms with Crippen LogP contribution in [0.1, 0.15) is 42.9 Å². The third kappa shape index (κ3) is 4.62. The fourth-order valence-corrected chi connectivity index (χ4v) is 6.73. The molecule has 186 valence electrons. The quantitative estimate of drug-likeness (QED) is 0.616. The molecule has 0 bridgehead atoms. The average molecular weight is 477 g/mol. The maximum Gasteiger partial charge on any atom is 0.317 e. The molecule has 1 aromatic heterocycles. The van der Waals surface area contributed by atoms with Gasteiger partial charge in [-0.3, -0.25) is 10.3 Å². The van der Waals surface area contributed by atoms with Crippen molar-refractivity contribution in [2.75, 3.05) is 26.7 Å². The Morgan fingerprint density at radius 2 is 1.94 bits per heavy atom. The Morgan fingerprint density at radius 3 is 2.74 bits per heavy atom. The molecule has 4 heterocycles. The number of benzene rings is 1. The molecule has 6 rings (SSSR count). The summed E-state index contributed by atoms with van der Waals surface area (Å²) >= 11 is 0. The van der Waals surface area contributed by atoms with Crippen LogP contribution in [0.5, 0.6) is 5.88 Å². The number of methoxy groups -OCH3 is 1. The minimum Gasteiger partial charge on any atom is -0.481 e. The van der Waals surface area contributed by atoms with Crippen LogP contribution in [0.2, 0.25) is 0 Å². The first-order valence-corrected chi connectivity index (χ1v) is 13.0. The van der Waals surface area contributed by atoms with Crippen molar-refractivity contribution in [3.05, 3.63) is 59.8 Å². The third-order valence-electron chi connectivity index (χ3n) is 8.52. The second-order valence-electron chi connectivity index (χ2n) is 10.6. The predicted molar refractivity (Wildman–Crippen MR) is 134 cm³/mol. The van der Waals surface area contributed by atoms with E-state index >= 15 is 0 Å². The number of likely N-dealkylation sites (tertiary alicyclic amines) is 1. The lowest BCUT2D eigenvalue weighted by atomic mass is 9.71. The Bertz CT molecular complexity index is 1020. The van der Waals surface area contributed by atoms with Crippen molar-refractivity contribution in [3.63, 3.8) is 0 Å². The van der Waals surface area contributed by atoms with Crippen LogP contribution in [0.3, 0.4) is 0 Å². The first-order valence-electron chi connectivity index (χ1n) is 13.0. The Morgan fingerprint density at radius 1 is 1.06 bits per heavy atom. The predicted octanol–water partition coefficient (Wildman–Crippen LogP) is 2.69. The van der Waals surface area contributed by atoms with Gasteiger partial charge in [0.15, 0.2) is 0 Å².